The van der Waals surface area contributed by atoms with E-state index in [1.807, 2.05) is 47.3 Å². The number of carbonyl (C=O) groups excluding carboxylic acids is 1. The Bertz CT molecular complexity index is 778. The van der Waals surface area contributed by atoms with Crippen LogP contribution in [0.3, 0.4) is 0 Å². The Morgan fingerprint density at radius 3 is 2.90 bits per heavy atom. The first kappa shape index (κ1) is 12.9. The lowest BCUT2D eigenvalue weighted by Gasteiger charge is -2.05. The Kier molecular flexibility index (Phi) is 3.28. The van der Waals surface area contributed by atoms with E-state index in [9.17, 15) is 4.79 Å². The first-order valence-electron chi connectivity index (χ1n) is 6.33. The molecule has 1 aromatic carbocycles. The van der Waals surface area contributed by atoms with Gasteiger partial charge in [-0.05, 0) is 30.7 Å². The highest BCUT2D eigenvalue weighted by Gasteiger charge is 2.12. The van der Waals surface area contributed by atoms with Gasteiger partial charge < -0.3 is 4.57 Å². The normalized spacial score (nSPS) is 10.9. The molecular weight excluding hydrogens is 272 g/mol. The Balaban J connectivity index is 2.15. The van der Waals surface area contributed by atoms with Gasteiger partial charge in [0.15, 0.2) is 5.78 Å². The molecule has 4 heteroatoms. The van der Waals surface area contributed by atoms with Crippen LogP contribution >= 0.6 is 11.6 Å². The molecule has 3 aromatic rings. The summed E-state index contributed by atoms with van der Waals surface area (Å²) in [6.45, 7) is 2.25. The van der Waals surface area contributed by atoms with E-state index in [0.29, 0.717) is 11.6 Å². The number of Topliss-reactive ketones (excluding diaryl/α,β-unsaturated/α-hetero) is 1. The molecule has 0 unspecified atom stereocenters. The van der Waals surface area contributed by atoms with Crippen molar-refractivity contribution in [3.05, 3.63) is 65.1 Å². The highest BCUT2D eigenvalue weighted by atomic mass is 35.5. The lowest BCUT2D eigenvalue weighted by molar-refractivity contribution is 0.101. The fourth-order valence-corrected chi connectivity index (χ4v) is 2.53. The molecule has 0 saturated carbocycles. The van der Waals surface area contributed by atoms with Crippen molar-refractivity contribution in [2.45, 2.75) is 13.5 Å². The van der Waals surface area contributed by atoms with Crippen molar-refractivity contribution < 1.29 is 4.79 Å². The van der Waals surface area contributed by atoms with E-state index in [0.717, 1.165) is 22.0 Å². The maximum absolute atomic E-state index is 11.8. The molecule has 0 bridgehead atoms. The largest absolute Gasteiger partial charge is 0.342 e. The van der Waals surface area contributed by atoms with Crippen LogP contribution in [0.15, 0.2) is 48.9 Å². The first-order valence-corrected chi connectivity index (χ1v) is 6.71. The first-order chi connectivity index (χ1) is 9.65. The second kappa shape index (κ2) is 5.10. The van der Waals surface area contributed by atoms with E-state index in [-0.39, 0.29) is 5.78 Å². The molecule has 2 heterocycles. The highest BCUT2D eigenvalue weighted by molar-refractivity contribution is 6.31. The van der Waals surface area contributed by atoms with Crippen molar-refractivity contribution in [1.82, 2.24) is 9.55 Å². The maximum Gasteiger partial charge on any atom is 0.161 e. The van der Waals surface area contributed by atoms with Gasteiger partial charge in [0, 0.05) is 41.1 Å². The summed E-state index contributed by atoms with van der Waals surface area (Å²) < 4.78 is 2.04. The summed E-state index contributed by atoms with van der Waals surface area (Å²) in [4.78, 5) is 15.9. The van der Waals surface area contributed by atoms with Gasteiger partial charge in [-0.2, -0.15) is 0 Å². The van der Waals surface area contributed by atoms with Crippen molar-refractivity contribution in [2.75, 3.05) is 0 Å². The zero-order chi connectivity index (χ0) is 14.1. The Morgan fingerprint density at radius 2 is 2.20 bits per heavy atom. The standard InChI is InChI=1S/C16H13ClN2O/c1-11(20)15-10-19(9-12-3-2-6-18-8-12)16-7-13(17)4-5-14(15)16/h2-8,10H,9H2,1H3. The summed E-state index contributed by atoms with van der Waals surface area (Å²) in [6, 6.07) is 9.51. The van der Waals surface area contributed by atoms with E-state index in [1.54, 1.807) is 13.1 Å². The summed E-state index contributed by atoms with van der Waals surface area (Å²) in [5.41, 5.74) is 2.77. The van der Waals surface area contributed by atoms with E-state index in [4.69, 9.17) is 11.6 Å². The van der Waals surface area contributed by atoms with Crippen LogP contribution in [0, 0.1) is 0 Å². The molecule has 100 valence electrons. The maximum atomic E-state index is 11.8. The third-order valence-corrected chi connectivity index (χ3v) is 3.53. The lowest BCUT2D eigenvalue weighted by atomic mass is 10.1. The molecule has 0 atom stereocenters. The van der Waals surface area contributed by atoms with Gasteiger partial charge in [-0.1, -0.05) is 23.7 Å². The van der Waals surface area contributed by atoms with Crippen LogP contribution in [0.25, 0.3) is 10.9 Å². The summed E-state index contributed by atoms with van der Waals surface area (Å²) in [5, 5.41) is 1.60. The minimum absolute atomic E-state index is 0.0576. The monoisotopic (exact) mass is 284 g/mol. The van der Waals surface area contributed by atoms with Gasteiger partial charge in [0.05, 0.1) is 5.52 Å². The molecule has 0 aliphatic rings. The third kappa shape index (κ3) is 2.32. The predicted octanol–water partition coefficient (Wildman–Crippen LogP) is 3.94. The molecule has 2 aromatic heterocycles. The van der Waals surface area contributed by atoms with Gasteiger partial charge in [-0.3, -0.25) is 9.78 Å². The van der Waals surface area contributed by atoms with Crippen LogP contribution in [0.5, 0.6) is 0 Å². The zero-order valence-corrected chi connectivity index (χ0v) is 11.8. The van der Waals surface area contributed by atoms with Gasteiger partial charge in [-0.15, -0.1) is 0 Å². The molecule has 0 saturated heterocycles. The van der Waals surface area contributed by atoms with Gasteiger partial charge in [0.25, 0.3) is 0 Å². The number of pyridine rings is 1. The second-order valence-corrected chi connectivity index (χ2v) is 5.19. The number of hydrogen-bond donors (Lipinski definition) is 0. The average Bonchev–Trinajstić information content (AvgIpc) is 2.78. The van der Waals surface area contributed by atoms with E-state index in [1.165, 1.54) is 0 Å². The van der Waals surface area contributed by atoms with Gasteiger partial charge in [0.2, 0.25) is 0 Å². The Hall–Kier alpha value is -2.13. The number of hydrogen-bond acceptors (Lipinski definition) is 2. The lowest BCUT2D eigenvalue weighted by Crippen LogP contribution is -1.98. The molecule has 3 rings (SSSR count). The minimum atomic E-state index is 0.0576. The zero-order valence-electron chi connectivity index (χ0n) is 11.0. The minimum Gasteiger partial charge on any atom is -0.342 e. The molecule has 20 heavy (non-hydrogen) atoms. The van der Waals surface area contributed by atoms with Crippen LogP contribution in [0.2, 0.25) is 5.02 Å². The molecule has 0 radical (unpaired) electrons. The van der Waals surface area contributed by atoms with Crippen LogP contribution < -0.4 is 0 Å². The number of aromatic nitrogens is 2. The number of benzene rings is 1. The van der Waals surface area contributed by atoms with Gasteiger partial charge >= 0.3 is 0 Å². The Labute approximate surface area is 121 Å². The quantitative estimate of drug-likeness (QED) is 0.683. The third-order valence-electron chi connectivity index (χ3n) is 3.30. The molecule has 0 aliphatic carbocycles. The smallest absolute Gasteiger partial charge is 0.161 e. The second-order valence-electron chi connectivity index (χ2n) is 4.75. The van der Waals surface area contributed by atoms with E-state index >= 15 is 0 Å². The van der Waals surface area contributed by atoms with Crippen LogP contribution in [0.4, 0.5) is 0 Å². The highest BCUT2D eigenvalue weighted by Crippen LogP contribution is 2.26. The molecule has 3 nitrogen and oxygen atoms in total. The number of carbonyl (C=O) groups is 1. The van der Waals surface area contributed by atoms with Crippen LogP contribution in [-0.2, 0) is 6.54 Å². The molecule has 0 N–H and O–H groups in total. The molecule has 0 fully saturated rings. The number of nitrogens with zero attached hydrogens (tertiary/aromatic N) is 2. The summed E-state index contributed by atoms with van der Waals surface area (Å²) in [7, 11) is 0. The summed E-state index contributed by atoms with van der Waals surface area (Å²) >= 11 is 6.07. The van der Waals surface area contributed by atoms with Crippen molar-refractivity contribution in [1.29, 1.82) is 0 Å². The fourth-order valence-electron chi connectivity index (χ4n) is 2.36. The average molecular weight is 285 g/mol. The van der Waals surface area contributed by atoms with Gasteiger partial charge in [-0.25, -0.2) is 0 Å². The van der Waals surface area contributed by atoms with Crippen molar-refractivity contribution in [3.63, 3.8) is 0 Å². The van der Waals surface area contributed by atoms with Gasteiger partial charge in [0.1, 0.15) is 0 Å². The summed E-state index contributed by atoms with van der Waals surface area (Å²) in [5.74, 6) is 0.0576. The predicted molar refractivity (Wildman–Crippen MR) is 80.3 cm³/mol. The van der Waals surface area contributed by atoms with E-state index < -0.39 is 0 Å². The number of fused-ring (bicyclic) bond motifs is 1. The SMILES string of the molecule is CC(=O)c1cn(Cc2cccnc2)c2cc(Cl)ccc12. The van der Waals surface area contributed by atoms with Crippen molar-refractivity contribution >= 4 is 28.3 Å². The van der Waals surface area contributed by atoms with Crippen molar-refractivity contribution in [3.8, 4) is 0 Å². The number of ketones is 1. The molecule has 0 spiro atoms. The topological polar surface area (TPSA) is 34.9 Å². The Morgan fingerprint density at radius 1 is 1.35 bits per heavy atom. The summed E-state index contributed by atoms with van der Waals surface area (Å²) in [6.07, 6.45) is 5.45. The fraction of sp³-hybridized carbons (Fsp3) is 0.125. The van der Waals surface area contributed by atoms with Crippen molar-refractivity contribution in [2.24, 2.45) is 0 Å². The van der Waals surface area contributed by atoms with Crippen LogP contribution in [0.1, 0.15) is 22.8 Å². The number of rotatable bonds is 3. The molecule has 0 aliphatic heterocycles. The van der Waals surface area contributed by atoms with E-state index in [2.05, 4.69) is 4.98 Å². The molecular formula is C16H13ClN2O. The molecule has 0 amide bonds. The van der Waals surface area contributed by atoms with Crippen LogP contribution in [-0.4, -0.2) is 15.3 Å². The number of halogens is 1.